The Balaban J connectivity index is 1.27. The summed E-state index contributed by atoms with van der Waals surface area (Å²) < 4.78 is 41.6. The second kappa shape index (κ2) is 9.29. The molecule has 0 aliphatic carbocycles. The third-order valence-corrected chi connectivity index (χ3v) is 7.99. The monoisotopic (exact) mass is 511 g/mol. The molecule has 0 atom stereocenters. The first-order valence-corrected chi connectivity index (χ1v) is 12.6. The number of sulfonamides is 1. The lowest BCUT2D eigenvalue weighted by Crippen LogP contribution is -2.50. The summed E-state index contributed by atoms with van der Waals surface area (Å²) in [6.45, 7) is 0.691. The molecule has 0 unspecified atom stereocenters. The van der Waals surface area contributed by atoms with E-state index in [-0.39, 0.29) is 42.5 Å². The predicted octanol–water partition coefficient (Wildman–Crippen LogP) is 3.63. The van der Waals surface area contributed by atoms with Gasteiger partial charge < -0.3 is 4.90 Å². The van der Waals surface area contributed by atoms with Crippen LogP contribution in [0.15, 0.2) is 72.1 Å². The smallest absolute Gasteiger partial charge is 0.291 e. The molecule has 0 bridgehead atoms. The molecule has 178 valence electrons. The van der Waals surface area contributed by atoms with Crippen molar-refractivity contribution in [2.75, 3.05) is 26.2 Å². The summed E-state index contributed by atoms with van der Waals surface area (Å²) in [5.74, 6) is -0.957. The van der Waals surface area contributed by atoms with Gasteiger partial charge in [0.15, 0.2) is 0 Å². The zero-order valence-electron chi connectivity index (χ0n) is 18.3. The van der Waals surface area contributed by atoms with Crippen molar-refractivity contribution >= 4 is 38.3 Å². The number of rotatable bonds is 4. The number of hydrogen-bond donors (Lipinski definition) is 0. The minimum Gasteiger partial charge on any atom is -0.333 e. The van der Waals surface area contributed by atoms with Crippen molar-refractivity contribution in [2.24, 2.45) is 0 Å². The standard InChI is InChI=1S/C24H19ClFN5O3S/c25-19-3-1-17-12-20(4-2-16(17)11-19)35(33,34)31-9-7-30(8-10-31)24(32)23-28-13-18(14-29-23)21-5-6-27-15-22(21)26/h1-6,11-15H,7-10H2. The molecule has 0 radical (unpaired) electrons. The number of nitrogens with zero attached hydrogens (tertiary/aromatic N) is 5. The lowest BCUT2D eigenvalue weighted by atomic mass is 10.1. The molecule has 3 heterocycles. The Hall–Kier alpha value is -3.47. The summed E-state index contributed by atoms with van der Waals surface area (Å²) in [4.78, 5) is 26.4. The fraction of sp³-hybridized carbons (Fsp3) is 0.167. The van der Waals surface area contributed by atoms with Crippen molar-refractivity contribution in [1.29, 1.82) is 0 Å². The minimum atomic E-state index is -3.73. The van der Waals surface area contributed by atoms with Gasteiger partial charge in [0.2, 0.25) is 15.8 Å². The maximum absolute atomic E-state index is 13.9. The van der Waals surface area contributed by atoms with Gasteiger partial charge >= 0.3 is 0 Å². The van der Waals surface area contributed by atoms with Crippen LogP contribution in [-0.2, 0) is 10.0 Å². The Labute approximate surface area is 206 Å². The van der Waals surface area contributed by atoms with E-state index in [1.165, 1.54) is 33.9 Å². The summed E-state index contributed by atoms with van der Waals surface area (Å²) in [6, 6.07) is 11.7. The number of piperazine rings is 1. The van der Waals surface area contributed by atoms with E-state index < -0.39 is 21.7 Å². The maximum Gasteiger partial charge on any atom is 0.291 e. The summed E-state index contributed by atoms with van der Waals surface area (Å²) in [6.07, 6.45) is 5.31. The first kappa shape index (κ1) is 23.3. The van der Waals surface area contributed by atoms with E-state index in [0.29, 0.717) is 10.6 Å². The van der Waals surface area contributed by atoms with E-state index >= 15 is 0 Å². The SMILES string of the molecule is O=C(c1ncc(-c2ccncc2F)cn1)N1CCN(S(=O)(=O)c2ccc3cc(Cl)ccc3c2)CC1. The zero-order chi connectivity index (χ0) is 24.6. The summed E-state index contributed by atoms with van der Waals surface area (Å²) in [7, 11) is -3.73. The van der Waals surface area contributed by atoms with Gasteiger partial charge in [0.05, 0.1) is 11.1 Å². The molecule has 1 amide bonds. The van der Waals surface area contributed by atoms with Crippen LogP contribution in [0.25, 0.3) is 21.9 Å². The molecule has 8 nitrogen and oxygen atoms in total. The number of pyridine rings is 1. The molecule has 0 saturated carbocycles. The minimum absolute atomic E-state index is 0.0345. The highest BCUT2D eigenvalue weighted by atomic mass is 35.5. The van der Waals surface area contributed by atoms with Crippen LogP contribution in [0.1, 0.15) is 10.6 Å². The Morgan fingerprint density at radius 2 is 1.60 bits per heavy atom. The van der Waals surface area contributed by atoms with Crippen molar-refractivity contribution < 1.29 is 17.6 Å². The topological polar surface area (TPSA) is 96.4 Å². The van der Waals surface area contributed by atoms with Crippen LogP contribution in [0, 0.1) is 5.82 Å². The quantitative estimate of drug-likeness (QED) is 0.415. The molecule has 0 N–H and O–H groups in total. The van der Waals surface area contributed by atoms with Crippen LogP contribution < -0.4 is 0 Å². The molecular formula is C24H19ClFN5O3S. The first-order chi connectivity index (χ1) is 16.8. The molecule has 11 heteroatoms. The van der Waals surface area contributed by atoms with Gasteiger partial charge in [-0.25, -0.2) is 22.8 Å². The average molecular weight is 512 g/mol. The lowest BCUT2D eigenvalue weighted by molar-refractivity contribution is 0.0685. The van der Waals surface area contributed by atoms with Crippen LogP contribution >= 0.6 is 11.6 Å². The van der Waals surface area contributed by atoms with Crippen LogP contribution in [0.2, 0.25) is 5.02 Å². The molecule has 1 aliphatic rings. The zero-order valence-corrected chi connectivity index (χ0v) is 19.9. The number of aromatic nitrogens is 3. The van der Waals surface area contributed by atoms with Gasteiger partial charge in [-0.05, 0) is 41.1 Å². The second-order valence-electron chi connectivity index (χ2n) is 8.00. The van der Waals surface area contributed by atoms with Crippen molar-refractivity contribution in [3.8, 4) is 11.1 Å². The first-order valence-electron chi connectivity index (χ1n) is 10.7. The Morgan fingerprint density at radius 1 is 0.914 bits per heavy atom. The number of hydrogen-bond acceptors (Lipinski definition) is 6. The van der Waals surface area contributed by atoms with Crippen molar-refractivity contribution in [1.82, 2.24) is 24.2 Å². The van der Waals surface area contributed by atoms with E-state index in [2.05, 4.69) is 15.0 Å². The molecule has 2 aromatic carbocycles. The third-order valence-electron chi connectivity index (χ3n) is 5.86. The number of halogens is 2. The van der Waals surface area contributed by atoms with Gasteiger partial charge in [-0.15, -0.1) is 0 Å². The molecule has 1 saturated heterocycles. The summed E-state index contributed by atoms with van der Waals surface area (Å²) >= 11 is 6.01. The van der Waals surface area contributed by atoms with Gasteiger partial charge in [-0.3, -0.25) is 9.78 Å². The van der Waals surface area contributed by atoms with Gasteiger partial charge in [-0.1, -0.05) is 23.7 Å². The number of benzene rings is 2. The number of carbonyl (C=O) groups excluding carboxylic acids is 1. The highest BCUT2D eigenvalue weighted by Gasteiger charge is 2.31. The molecular weight excluding hydrogens is 493 g/mol. The van der Waals surface area contributed by atoms with Crippen LogP contribution in [-0.4, -0.2) is 64.7 Å². The van der Waals surface area contributed by atoms with Gasteiger partial charge in [-0.2, -0.15) is 4.31 Å². The van der Waals surface area contributed by atoms with Crippen LogP contribution in [0.4, 0.5) is 4.39 Å². The van der Waals surface area contributed by atoms with Crippen LogP contribution in [0.5, 0.6) is 0 Å². The average Bonchev–Trinajstić information content (AvgIpc) is 2.88. The number of amides is 1. The van der Waals surface area contributed by atoms with Crippen molar-refractivity contribution in [2.45, 2.75) is 4.90 Å². The third kappa shape index (κ3) is 4.60. The Kier molecular flexibility index (Phi) is 6.18. The maximum atomic E-state index is 13.9. The van der Waals surface area contributed by atoms with E-state index in [9.17, 15) is 17.6 Å². The number of carbonyl (C=O) groups is 1. The van der Waals surface area contributed by atoms with Crippen molar-refractivity contribution in [3.05, 3.63) is 83.9 Å². The molecule has 0 spiro atoms. The molecule has 5 rings (SSSR count). The molecule has 1 aliphatic heterocycles. The van der Waals surface area contributed by atoms with Gasteiger partial charge in [0.1, 0.15) is 5.82 Å². The Bertz CT molecular complexity index is 1520. The summed E-state index contributed by atoms with van der Waals surface area (Å²) in [5, 5.41) is 2.21. The highest BCUT2D eigenvalue weighted by molar-refractivity contribution is 7.89. The number of fused-ring (bicyclic) bond motifs is 1. The normalized spacial score (nSPS) is 14.9. The van der Waals surface area contributed by atoms with Gasteiger partial charge in [0.25, 0.3) is 5.91 Å². The molecule has 2 aromatic heterocycles. The van der Waals surface area contributed by atoms with E-state index in [1.807, 2.05) is 0 Å². The second-order valence-corrected chi connectivity index (χ2v) is 10.4. The molecule has 35 heavy (non-hydrogen) atoms. The summed E-state index contributed by atoms with van der Waals surface area (Å²) in [5.41, 5.74) is 0.713. The largest absolute Gasteiger partial charge is 0.333 e. The predicted molar refractivity (Wildman–Crippen MR) is 129 cm³/mol. The molecule has 1 fully saturated rings. The molecule has 4 aromatic rings. The fourth-order valence-corrected chi connectivity index (χ4v) is 5.60. The fourth-order valence-electron chi connectivity index (χ4n) is 3.96. The van der Waals surface area contributed by atoms with Crippen molar-refractivity contribution in [3.63, 3.8) is 0 Å². The van der Waals surface area contributed by atoms with Gasteiger partial charge in [0, 0.05) is 60.9 Å². The highest BCUT2D eigenvalue weighted by Crippen LogP contribution is 2.25. The van der Waals surface area contributed by atoms with Crippen LogP contribution in [0.3, 0.4) is 0 Å². The van der Waals surface area contributed by atoms with E-state index in [0.717, 1.165) is 17.0 Å². The van der Waals surface area contributed by atoms with E-state index in [4.69, 9.17) is 11.6 Å². The van der Waals surface area contributed by atoms with E-state index in [1.54, 1.807) is 36.4 Å². The lowest BCUT2D eigenvalue weighted by Gasteiger charge is -2.33. The Morgan fingerprint density at radius 3 is 2.31 bits per heavy atom.